The largest absolute Gasteiger partial charge is 0.302 e. The second kappa shape index (κ2) is 7.34. The van der Waals surface area contributed by atoms with Crippen molar-refractivity contribution in [3.8, 4) is 0 Å². The summed E-state index contributed by atoms with van der Waals surface area (Å²) in [6.45, 7) is 2.26. The minimum atomic E-state index is 0.307. The van der Waals surface area contributed by atoms with Crippen LogP contribution in [0.4, 0.5) is 0 Å². The van der Waals surface area contributed by atoms with Gasteiger partial charge >= 0.3 is 0 Å². The van der Waals surface area contributed by atoms with Crippen molar-refractivity contribution in [3.63, 3.8) is 0 Å². The highest BCUT2D eigenvalue weighted by Crippen LogP contribution is 2.38. The van der Waals surface area contributed by atoms with Crippen LogP contribution < -0.4 is 11.3 Å². The van der Waals surface area contributed by atoms with Crippen molar-refractivity contribution >= 4 is 0 Å². The molecule has 0 heterocycles. The van der Waals surface area contributed by atoms with Crippen LogP contribution in [0.2, 0.25) is 0 Å². The summed E-state index contributed by atoms with van der Waals surface area (Å²) in [6.07, 6.45) is 11.8. The van der Waals surface area contributed by atoms with Gasteiger partial charge in [0, 0.05) is 11.6 Å². The smallest absolute Gasteiger partial charge is 0.0394 e. The number of rotatable bonds is 8. The third kappa shape index (κ3) is 3.67. The van der Waals surface area contributed by atoms with Crippen LogP contribution in [0, 0.1) is 0 Å². The lowest BCUT2D eigenvalue weighted by Gasteiger charge is -2.43. The van der Waals surface area contributed by atoms with Gasteiger partial charge < -0.3 is 4.90 Å². The SMILES string of the molecule is CCCCCCC(NN)C1(N(C)C)CCCC1. The van der Waals surface area contributed by atoms with E-state index in [4.69, 9.17) is 5.84 Å². The standard InChI is InChI=1S/C14H31N3/c1-4-5-6-7-10-13(16-15)14(17(2)3)11-8-9-12-14/h13,16H,4-12,15H2,1-3H3. The maximum atomic E-state index is 5.81. The van der Waals surface area contributed by atoms with Gasteiger partial charge in [-0.15, -0.1) is 0 Å². The number of nitrogens with zero attached hydrogens (tertiary/aromatic N) is 1. The normalized spacial score (nSPS) is 21.0. The topological polar surface area (TPSA) is 41.3 Å². The first-order valence-electron chi connectivity index (χ1n) is 7.31. The zero-order valence-electron chi connectivity index (χ0n) is 12.0. The molecule has 0 amide bonds. The molecule has 0 saturated heterocycles. The van der Waals surface area contributed by atoms with E-state index in [9.17, 15) is 0 Å². The summed E-state index contributed by atoms with van der Waals surface area (Å²) in [4.78, 5) is 2.41. The predicted octanol–water partition coefficient (Wildman–Crippen LogP) is 2.66. The first-order valence-corrected chi connectivity index (χ1v) is 7.31. The molecule has 3 N–H and O–H groups in total. The quantitative estimate of drug-likeness (QED) is 0.390. The fourth-order valence-electron chi connectivity index (χ4n) is 3.38. The highest BCUT2D eigenvalue weighted by atomic mass is 15.3. The summed E-state index contributed by atoms with van der Waals surface area (Å²) in [7, 11) is 4.42. The molecule has 0 aromatic rings. The molecule has 0 spiro atoms. The molecule has 3 heteroatoms. The van der Waals surface area contributed by atoms with Crippen LogP contribution in [-0.4, -0.2) is 30.6 Å². The summed E-state index contributed by atoms with van der Waals surface area (Å²) >= 11 is 0. The van der Waals surface area contributed by atoms with Gasteiger partial charge in [-0.1, -0.05) is 45.4 Å². The second-order valence-electron chi connectivity index (χ2n) is 5.77. The molecule has 1 unspecified atom stereocenters. The lowest BCUT2D eigenvalue weighted by Crippen LogP contribution is -2.59. The van der Waals surface area contributed by atoms with Gasteiger partial charge in [0.05, 0.1) is 0 Å². The molecule has 0 aromatic heterocycles. The van der Waals surface area contributed by atoms with E-state index in [-0.39, 0.29) is 0 Å². The Morgan fingerprint density at radius 3 is 2.29 bits per heavy atom. The van der Waals surface area contributed by atoms with E-state index >= 15 is 0 Å². The zero-order valence-corrected chi connectivity index (χ0v) is 12.0. The van der Waals surface area contributed by atoms with Crippen molar-refractivity contribution < 1.29 is 0 Å². The number of hydrazine groups is 1. The van der Waals surface area contributed by atoms with Crippen LogP contribution in [0.3, 0.4) is 0 Å². The molecule has 0 aromatic carbocycles. The highest BCUT2D eigenvalue weighted by Gasteiger charge is 2.42. The van der Waals surface area contributed by atoms with Crippen LogP contribution in [0.15, 0.2) is 0 Å². The maximum Gasteiger partial charge on any atom is 0.0394 e. The Hall–Kier alpha value is -0.120. The minimum Gasteiger partial charge on any atom is -0.302 e. The van der Waals surface area contributed by atoms with Gasteiger partial charge in [0.25, 0.3) is 0 Å². The fourth-order valence-corrected chi connectivity index (χ4v) is 3.38. The number of unbranched alkanes of at least 4 members (excludes halogenated alkanes) is 3. The van der Waals surface area contributed by atoms with Crippen molar-refractivity contribution in [2.24, 2.45) is 5.84 Å². The van der Waals surface area contributed by atoms with Gasteiger partial charge in [-0.2, -0.15) is 0 Å². The van der Waals surface area contributed by atoms with Crippen LogP contribution in [0.1, 0.15) is 64.7 Å². The third-order valence-corrected chi connectivity index (χ3v) is 4.56. The van der Waals surface area contributed by atoms with Crippen LogP contribution >= 0.6 is 0 Å². The van der Waals surface area contributed by atoms with E-state index in [2.05, 4.69) is 31.3 Å². The van der Waals surface area contributed by atoms with Gasteiger partial charge in [-0.3, -0.25) is 11.3 Å². The molecular weight excluding hydrogens is 210 g/mol. The van der Waals surface area contributed by atoms with Gasteiger partial charge in [-0.25, -0.2) is 0 Å². The number of nitrogens with one attached hydrogen (secondary N) is 1. The Labute approximate surface area is 107 Å². The molecule has 1 rings (SSSR count). The van der Waals surface area contributed by atoms with Crippen LogP contribution in [-0.2, 0) is 0 Å². The van der Waals surface area contributed by atoms with Crippen molar-refractivity contribution in [1.29, 1.82) is 0 Å². The first-order chi connectivity index (χ1) is 8.17. The number of nitrogens with two attached hydrogens (primary N) is 1. The van der Waals surface area contributed by atoms with Gasteiger partial charge in [0.1, 0.15) is 0 Å². The van der Waals surface area contributed by atoms with E-state index in [1.807, 2.05) is 0 Å². The summed E-state index contributed by atoms with van der Waals surface area (Å²) in [6, 6.07) is 0.455. The fraction of sp³-hybridized carbons (Fsp3) is 1.00. The van der Waals surface area contributed by atoms with Crippen molar-refractivity contribution in [3.05, 3.63) is 0 Å². The van der Waals surface area contributed by atoms with Gasteiger partial charge in [0.2, 0.25) is 0 Å². The molecule has 0 bridgehead atoms. The van der Waals surface area contributed by atoms with Crippen LogP contribution in [0.5, 0.6) is 0 Å². The molecule has 17 heavy (non-hydrogen) atoms. The Balaban J connectivity index is 2.51. The minimum absolute atomic E-state index is 0.307. The average Bonchev–Trinajstić information content (AvgIpc) is 2.79. The lowest BCUT2D eigenvalue weighted by molar-refractivity contribution is 0.0985. The third-order valence-electron chi connectivity index (χ3n) is 4.56. The molecule has 1 atom stereocenters. The highest BCUT2D eigenvalue weighted by molar-refractivity contribution is 5.01. The molecule has 1 aliphatic carbocycles. The molecular formula is C14H31N3. The number of hydrogen-bond acceptors (Lipinski definition) is 3. The van der Waals surface area contributed by atoms with Crippen molar-refractivity contribution in [2.45, 2.75) is 76.3 Å². The van der Waals surface area contributed by atoms with E-state index in [0.29, 0.717) is 11.6 Å². The molecule has 0 radical (unpaired) electrons. The van der Waals surface area contributed by atoms with Crippen LogP contribution in [0.25, 0.3) is 0 Å². The van der Waals surface area contributed by atoms with Crippen molar-refractivity contribution in [1.82, 2.24) is 10.3 Å². The maximum absolute atomic E-state index is 5.81. The molecule has 0 aliphatic heterocycles. The summed E-state index contributed by atoms with van der Waals surface area (Å²) in [5.41, 5.74) is 3.41. The second-order valence-corrected chi connectivity index (χ2v) is 5.77. The summed E-state index contributed by atoms with van der Waals surface area (Å²) in [5.74, 6) is 5.81. The Morgan fingerprint density at radius 1 is 1.18 bits per heavy atom. The molecule has 1 aliphatic rings. The Kier molecular flexibility index (Phi) is 6.45. The van der Waals surface area contributed by atoms with E-state index in [1.54, 1.807) is 0 Å². The zero-order chi connectivity index (χ0) is 12.7. The molecule has 3 nitrogen and oxygen atoms in total. The molecule has 102 valence electrons. The van der Waals surface area contributed by atoms with Gasteiger partial charge in [0.15, 0.2) is 0 Å². The molecule has 1 fully saturated rings. The summed E-state index contributed by atoms with van der Waals surface area (Å²) < 4.78 is 0. The number of likely N-dealkylation sites (N-methyl/N-ethyl adjacent to an activating group) is 1. The van der Waals surface area contributed by atoms with E-state index < -0.39 is 0 Å². The summed E-state index contributed by atoms with van der Waals surface area (Å²) in [5, 5.41) is 0. The molecule has 1 saturated carbocycles. The lowest BCUT2D eigenvalue weighted by atomic mass is 9.84. The Morgan fingerprint density at radius 2 is 1.82 bits per heavy atom. The monoisotopic (exact) mass is 241 g/mol. The predicted molar refractivity (Wildman–Crippen MR) is 74.8 cm³/mol. The van der Waals surface area contributed by atoms with Gasteiger partial charge in [-0.05, 0) is 33.4 Å². The van der Waals surface area contributed by atoms with Crippen molar-refractivity contribution in [2.75, 3.05) is 14.1 Å². The van der Waals surface area contributed by atoms with E-state index in [0.717, 1.165) is 0 Å². The van der Waals surface area contributed by atoms with E-state index in [1.165, 1.54) is 57.8 Å². The first kappa shape index (κ1) is 14.9. The average molecular weight is 241 g/mol. The Bertz CT molecular complexity index is 198. The number of hydrogen-bond donors (Lipinski definition) is 2.